The Labute approximate surface area is 125 Å². The van der Waals surface area contributed by atoms with Crippen molar-refractivity contribution in [2.45, 2.75) is 26.2 Å². The lowest BCUT2D eigenvalue weighted by Gasteiger charge is -2.21. The fourth-order valence-corrected chi connectivity index (χ4v) is 2.53. The van der Waals surface area contributed by atoms with Gasteiger partial charge in [0.1, 0.15) is 0 Å². The first kappa shape index (κ1) is 15.5. The van der Waals surface area contributed by atoms with Gasteiger partial charge in [0.2, 0.25) is 5.91 Å². The van der Waals surface area contributed by atoms with E-state index < -0.39 is 6.03 Å². The molecule has 1 aromatic rings. The van der Waals surface area contributed by atoms with Crippen LogP contribution in [0.2, 0.25) is 0 Å². The van der Waals surface area contributed by atoms with Crippen LogP contribution in [0.15, 0.2) is 24.3 Å². The molecule has 3 amide bonds. The zero-order valence-corrected chi connectivity index (χ0v) is 12.4. The Morgan fingerprint density at radius 1 is 1.29 bits per heavy atom. The van der Waals surface area contributed by atoms with Gasteiger partial charge in [-0.15, -0.1) is 0 Å². The maximum absolute atomic E-state index is 11.9. The van der Waals surface area contributed by atoms with Crippen LogP contribution in [0.25, 0.3) is 0 Å². The molecule has 0 radical (unpaired) electrons. The molecule has 0 atom stereocenters. The SMILES string of the molecule is Cc1cccc(CCNC(=O)NC(=O)C2CCNCC2)c1. The quantitative estimate of drug-likeness (QED) is 0.784. The Morgan fingerprint density at radius 2 is 2.05 bits per heavy atom. The molecule has 114 valence electrons. The molecule has 0 spiro atoms. The van der Waals surface area contributed by atoms with Gasteiger partial charge in [-0.1, -0.05) is 29.8 Å². The van der Waals surface area contributed by atoms with Crippen molar-refractivity contribution in [2.75, 3.05) is 19.6 Å². The zero-order valence-electron chi connectivity index (χ0n) is 12.4. The summed E-state index contributed by atoms with van der Waals surface area (Å²) in [5, 5.41) is 8.36. The lowest BCUT2D eigenvalue weighted by Crippen LogP contribution is -2.45. The lowest BCUT2D eigenvalue weighted by atomic mass is 9.97. The van der Waals surface area contributed by atoms with Crippen LogP contribution in [0.3, 0.4) is 0 Å². The van der Waals surface area contributed by atoms with Crippen molar-refractivity contribution in [1.29, 1.82) is 0 Å². The van der Waals surface area contributed by atoms with Gasteiger partial charge in [-0.3, -0.25) is 10.1 Å². The minimum Gasteiger partial charge on any atom is -0.337 e. The van der Waals surface area contributed by atoms with Gasteiger partial charge in [0.05, 0.1) is 0 Å². The topological polar surface area (TPSA) is 70.2 Å². The van der Waals surface area contributed by atoms with Gasteiger partial charge in [0, 0.05) is 12.5 Å². The summed E-state index contributed by atoms with van der Waals surface area (Å²) in [5.41, 5.74) is 2.39. The predicted molar refractivity (Wildman–Crippen MR) is 82.0 cm³/mol. The molecule has 0 aliphatic carbocycles. The van der Waals surface area contributed by atoms with E-state index in [2.05, 4.69) is 22.0 Å². The summed E-state index contributed by atoms with van der Waals surface area (Å²) in [6, 6.07) is 7.78. The van der Waals surface area contributed by atoms with E-state index in [1.165, 1.54) is 11.1 Å². The highest BCUT2D eigenvalue weighted by molar-refractivity contribution is 5.95. The lowest BCUT2D eigenvalue weighted by molar-refractivity contribution is -0.124. The Bertz CT molecular complexity index is 496. The molecule has 5 nitrogen and oxygen atoms in total. The number of piperidine rings is 1. The third-order valence-corrected chi connectivity index (χ3v) is 3.73. The highest BCUT2D eigenvalue weighted by Crippen LogP contribution is 2.11. The number of benzene rings is 1. The first-order chi connectivity index (χ1) is 10.1. The van der Waals surface area contributed by atoms with Crippen molar-refractivity contribution < 1.29 is 9.59 Å². The highest BCUT2D eigenvalue weighted by Gasteiger charge is 2.22. The Kier molecular flexibility index (Phi) is 5.75. The molecular weight excluding hydrogens is 266 g/mol. The fraction of sp³-hybridized carbons (Fsp3) is 0.500. The summed E-state index contributed by atoms with van der Waals surface area (Å²) in [6.45, 7) is 4.25. The molecule has 0 bridgehead atoms. The monoisotopic (exact) mass is 289 g/mol. The molecule has 1 aliphatic heterocycles. The molecule has 1 aromatic carbocycles. The first-order valence-corrected chi connectivity index (χ1v) is 7.50. The molecule has 0 unspecified atom stereocenters. The van der Waals surface area contributed by atoms with Crippen LogP contribution in [0.4, 0.5) is 4.79 Å². The highest BCUT2D eigenvalue weighted by atomic mass is 16.2. The van der Waals surface area contributed by atoms with Crippen LogP contribution in [0, 0.1) is 12.8 Å². The van der Waals surface area contributed by atoms with Gasteiger partial charge in [0.15, 0.2) is 0 Å². The summed E-state index contributed by atoms with van der Waals surface area (Å²) in [4.78, 5) is 23.6. The number of nitrogens with one attached hydrogen (secondary N) is 3. The molecule has 0 aromatic heterocycles. The molecule has 1 saturated heterocycles. The molecule has 1 heterocycles. The number of hydrogen-bond donors (Lipinski definition) is 3. The van der Waals surface area contributed by atoms with Crippen molar-refractivity contribution in [3.8, 4) is 0 Å². The summed E-state index contributed by atoms with van der Waals surface area (Å²) in [7, 11) is 0. The molecule has 1 fully saturated rings. The van der Waals surface area contributed by atoms with Crippen LogP contribution in [-0.2, 0) is 11.2 Å². The number of amides is 3. The predicted octanol–water partition coefficient (Wildman–Crippen LogP) is 1.36. The summed E-state index contributed by atoms with van der Waals surface area (Å²) in [6.07, 6.45) is 2.35. The second kappa shape index (κ2) is 7.78. The number of rotatable bonds is 4. The van der Waals surface area contributed by atoms with E-state index in [4.69, 9.17) is 0 Å². The summed E-state index contributed by atoms with van der Waals surface area (Å²) < 4.78 is 0. The molecule has 5 heteroatoms. The van der Waals surface area contributed by atoms with Gasteiger partial charge in [-0.05, 0) is 44.8 Å². The third kappa shape index (κ3) is 5.19. The van der Waals surface area contributed by atoms with Gasteiger partial charge in [0.25, 0.3) is 0 Å². The van der Waals surface area contributed by atoms with E-state index >= 15 is 0 Å². The van der Waals surface area contributed by atoms with Crippen LogP contribution in [0.1, 0.15) is 24.0 Å². The normalized spacial score (nSPS) is 15.5. The summed E-state index contributed by atoms with van der Waals surface area (Å²) >= 11 is 0. The number of urea groups is 1. The number of carbonyl (C=O) groups excluding carboxylic acids is 2. The molecule has 0 saturated carbocycles. The molecule has 2 rings (SSSR count). The van der Waals surface area contributed by atoms with E-state index in [1.807, 2.05) is 25.1 Å². The average molecular weight is 289 g/mol. The molecule has 3 N–H and O–H groups in total. The second-order valence-corrected chi connectivity index (χ2v) is 5.51. The van der Waals surface area contributed by atoms with Crippen molar-refractivity contribution in [3.05, 3.63) is 35.4 Å². The number of hydrogen-bond acceptors (Lipinski definition) is 3. The molecular formula is C16H23N3O2. The Balaban J connectivity index is 1.68. The van der Waals surface area contributed by atoms with E-state index in [9.17, 15) is 9.59 Å². The third-order valence-electron chi connectivity index (χ3n) is 3.73. The van der Waals surface area contributed by atoms with Gasteiger partial charge < -0.3 is 10.6 Å². The van der Waals surface area contributed by atoms with Gasteiger partial charge in [-0.2, -0.15) is 0 Å². The van der Waals surface area contributed by atoms with E-state index in [1.54, 1.807) is 0 Å². The van der Waals surface area contributed by atoms with Crippen molar-refractivity contribution in [1.82, 2.24) is 16.0 Å². The second-order valence-electron chi connectivity index (χ2n) is 5.51. The zero-order chi connectivity index (χ0) is 15.1. The maximum atomic E-state index is 11.9. The average Bonchev–Trinajstić information content (AvgIpc) is 2.48. The maximum Gasteiger partial charge on any atom is 0.321 e. The van der Waals surface area contributed by atoms with E-state index in [0.29, 0.717) is 6.54 Å². The minimum absolute atomic E-state index is 0.0474. The van der Waals surface area contributed by atoms with Crippen LogP contribution < -0.4 is 16.0 Å². The van der Waals surface area contributed by atoms with Gasteiger partial charge >= 0.3 is 6.03 Å². The van der Waals surface area contributed by atoms with Crippen LogP contribution in [-0.4, -0.2) is 31.6 Å². The number of carbonyl (C=O) groups is 2. The first-order valence-electron chi connectivity index (χ1n) is 7.50. The van der Waals surface area contributed by atoms with Crippen LogP contribution in [0.5, 0.6) is 0 Å². The summed E-state index contributed by atoms with van der Waals surface area (Å²) in [5.74, 6) is -0.210. The molecule has 1 aliphatic rings. The van der Waals surface area contributed by atoms with Crippen molar-refractivity contribution >= 4 is 11.9 Å². The van der Waals surface area contributed by atoms with Crippen LogP contribution >= 0.6 is 0 Å². The largest absolute Gasteiger partial charge is 0.337 e. The fourth-order valence-electron chi connectivity index (χ4n) is 2.53. The smallest absolute Gasteiger partial charge is 0.321 e. The number of aryl methyl sites for hydroxylation is 1. The number of imide groups is 1. The minimum atomic E-state index is -0.397. The van der Waals surface area contributed by atoms with Crippen molar-refractivity contribution in [2.24, 2.45) is 5.92 Å². The Hall–Kier alpha value is -1.88. The Morgan fingerprint density at radius 3 is 2.76 bits per heavy atom. The molecule has 21 heavy (non-hydrogen) atoms. The van der Waals surface area contributed by atoms with Crippen molar-refractivity contribution in [3.63, 3.8) is 0 Å². The van der Waals surface area contributed by atoms with E-state index in [-0.39, 0.29) is 11.8 Å². The van der Waals surface area contributed by atoms with E-state index in [0.717, 1.165) is 32.4 Å². The standard InChI is InChI=1S/C16H23N3O2/c1-12-3-2-4-13(11-12)5-10-18-16(21)19-15(20)14-6-8-17-9-7-14/h2-4,11,14,17H,5-10H2,1H3,(H2,18,19,20,21). The van der Waals surface area contributed by atoms with Gasteiger partial charge in [-0.25, -0.2) is 4.79 Å².